The van der Waals surface area contributed by atoms with E-state index in [4.69, 9.17) is 16.3 Å². The lowest BCUT2D eigenvalue weighted by Crippen LogP contribution is -2.36. The van der Waals surface area contributed by atoms with Crippen LogP contribution in [0.25, 0.3) is 0 Å². The highest BCUT2D eigenvalue weighted by atomic mass is 35.5. The number of halogens is 3. The van der Waals surface area contributed by atoms with E-state index in [1.165, 1.54) is 43.6 Å². The maximum Gasteiger partial charge on any atom is 0.387 e. The van der Waals surface area contributed by atoms with Crippen molar-refractivity contribution in [2.75, 3.05) is 13.7 Å². The molecule has 1 aromatic carbocycles. The van der Waals surface area contributed by atoms with Crippen LogP contribution in [0.5, 0.6) is 11.5 Å². The first kappa shape index (κ1) is 20.4. The molecule has 0 radical (unpaired) electrons. The molecule has 10 heteroatoms. The van der Waals surface area contributed by atoms with Gasteiger partial charge in [-0.1, -0.05) is 17.7 Å². The number of nitrogens with zero attached hydrogens (tertiary/aromatic N) is 1. The number of amides is 2. The Labute approximate surface area is 158 Å². The first-order valence-electron chi connectivity index (χ1n) is 7.67. The SMILES string of the molecule is COc1cc(CNC(=O)CNC(=O)c2cc(Cl)ccn2)ccc1OC(F)F. The van der Waals surface area contributed by atoms with Crippen LogP contribution in [0.15, 0.2) is 36.5 Å². The Morgan fingerprint density at radius 1 is 1.19 bits per heavy atom. The highest BCUT2D eigenvalue weighted by Gasteiger charge is 2.12. The second-order valence-electron chi connectivity index (χ2n) is 5.18. The Morgan fingerprint density at radius 2 is 1.96 bits per heavy atom. The van der Waals surface area contributed by atoms with Crippen LogP contribution >= 0.6 is 11.6 Å². The lowest BCUT2D eigenvalue weighted by molar-refractivity contribution is -0.120. The van der Waals surface area contributed by atoms with Crippen LogP contribution < -0.4 is 20.1 Å². The van der Waals surface area contributed by atoms with Crippen LogP contribution in [0.4, 0.5) is 8.78 Å². The van der Waals surface area contributed by atoms with Crippen LogP contribution in [-0.4, -0.2) is 37.1 Å². The fraction of sp³-hybridized carbons (Fsp3) is 0.235. The van der Waals surface area contributed by atoms with Gasteiger partial charge in [-0.3, -0.25) is 14.6 Å². The molecule has 0 atom stereocenters. The van der Waals surface area contributed by atoms with E-state index in [1.54, 1.807) is 0 Å². The summed E-state index contributed by atoms with van der Waals surface area (Å²) < 4.78 is 33.9. The molecule has 7 nitrogen and oxygen atoms in total. The molecule has 0 aliphatic carbocycles. The molecule has 0 saturated heterocycles. The number of carbonyl (C=O) groups excluding carboxylic acids is 2. The summed E-state index contributed by atoms with van der Waals surface area (Å²) in [6.45, 7) is -3.13. The minimum absolute atomic E-state index is 0.0923. The Balaban J connectivity index is 1.85. The largest absolute Gasteiger partial charge is 0.493 e. The summed E-state index contributed by atoms with van der Waals surface area (Å²) in [5.41, 5.74) is 0.694. The minimum atomic E-state index is -2.97. The maximum atomic E-state index is 12.3. The van der Waals surface area contributed by atoms with Crippen molar-refractivity contribution in [1.82, 2.24) is 15.6 Å². The zero-order valence-electron chi connectivity index (χ0n) is 14.2. The van der Waals surface area contributed by atoms with Crippen LogP contribution in [0.2, 0.25) is 5.02 Å². The lowest BCUT2D eigenvalue weighted by atomic mass is 10.2. The molecular weight excluding hydrogens is 384 g/mol. The quantitative estimate of drug-likeness (QED) is 0.711. The summed E-state index contributed by atoms with van der Waals surface area (Å²) in [6.07, 6.45) is 1.38. The summed E-state index contributed by atoms with van der Waals surface area (Å²) in [6, 6.07) is 7.20. The van der Waals surface area contributed by atoms with Crippen molar-refractivity contribution in [3.05, 3.63) is 52.8 Å². The van der Waals surface area contributed by atoms with Gasteiger partial charge in [-0.2, -0.15) is 8.78 Å². The Kier molecular flexibility index (Phi) is 7.30. The molecule has 0 fully saturated rings. The van der Waals surface area contributed by atoms with E-state index in [2.05, 4.69) is 20.4 Å². The van der Waals surface area contributed by atoms with Crippen LogP contribution in [0, 0.1) is 0 Å². The van der Waals surface area contributed by atoms with Crippen LogP contribution in [0.1, 0.15) is 16.1 Å². The molecule has 144 valence electrons. The molecule has 0 unspecified atom stereocenters. The number of ether oxygens (including phenoxy) is 2. The van der Waals surface area contributed by atoms with Gasteiger partial charge in [-0.15, -0.1) is 0 Å². The number of nitrogens with one attached hydrogen (secondary N) is 2. The van der Waals surface area contributed by atoms with Crippen molar-refractivity contribution in [1.29, 1.82) is 0 Å². The summed E-state index contributed by atoms with van der Waals surface area (Å²) in [4.78, 5) is 27.6. The molecule has 2 amide bonds. The van der Waals surface area contributed by atoms with E-state index in [1.807, 2.05) is 0 Å². The van der Waals surface area contributed by atoms with E-state index >= 15 is 0 Å². The molecule has 0 aliphatic heterocycles. The molecule has 0 bridgehead atoms. The van der Waals surface area contributed by atoms with Gasteiger partial charge in [-0.25, -0.2) is 0 Å². The molecule has 0 aliphatic rings. The van der Waals surface area contributed by atoms with Gasteiger partial charge in [0.25, 0.3) is 5.91 Å². The second kappa shape index (κ2) is 9.67. The van der Waals surface area contributed by atoms with E-state index in [0.29, 0.717) is 10.6 Å². The first-order valence-corrected chi connectivity index (χ1v) is 8.05. The van der Waals surface area contributed by atoms with Crippen molar-refractivity contribution in [2.45, 2.75) is 13.2 Å². The third-order valence-corrected chi connectivity index (χ3v) is 3.53. The van der Waals surface area contributed by atoms with Crippen LogP contribution in [-0.2, 0) is 11.3 Å². The van der Waals surface area contributed by atoms with Gasteiger partial charge in [0.15, 0.2) is 11.5 Å². The third kappa shape index (κ3) is 6.37. The molecular formula is C17H16ClF2N3O4. The first-order chi connectivity index (χ1) is 12.9. The van der Waals surface area contributed by atoms with Crippen molar-refractivity contribution in [3.8, 4) is 11.5 Å². The topological polar surface area (TPSA) is 89.6 Å². The van der Waals surface area contributed by atoms with E-state index in [0.717, 1.165) is 0 Å². The normalized spacial score (nSPS) is 10.4. The smallest absolute Gasteiger partial charge is 0.387 e. The number of alkyl halides is 2. The van der Waals surface area contributed by atoms with Crippen molar-refractivity contribution >= 4 is 23.4 Å². The van der Waals surface area contributed by atoms with Gasteiger partial charge >= 0.3 is 6.61 Å². The average molecular weight is 400 g/mol. The standard InChI is InChI=1S/C17H16ClF2N3O4/c1-26-14-6-10(2-3-13(14)27-17(19)20)8-22-15(24)9-23-16(25)12-7-11(18)4-5-21-12/h2-7,17H,8-9H2,1H3,(H,22,24)(H,23,25). The molecule has 2 aromatic rings. The Hall–Kier alpha value is -2.94. The zero-order chi connectivity index (χ0) is 19.8. The summed E-state index contributed by atoms with van der Waals surface area (Å²) in [7, 11) is 1.31. The van der Waals surface area contributed by atoms with E-state index in [-0.39, 0.29) is 30.3 Å². The summed E-state index contributed by atoms with van der Waals surface area (Å²) in [5.74, 6) is -0.980. The molecule has 0 spiro atoms. The van der Waals surface area contributed by atoms with E-state index < -0.39 is 18.4 Å². The van der Waals surface area contributed by atoms with E-state index in [9.17, 15) is 18.4 Å². The minimum Gasteiger partial charge on any atom is -0.493 e. The summed E-state index contributed by atoms with van der Waals surface area (Å²) in [5, 5.41) is 5.35. The van der Waals surface area contributed by atoms with Crippen molar-refractivity contribution < 1.29 is 27.8 Å². The zero-order valence-corrected chi connectivity index (χ0v) is 14.9. The molecule has 0 saturated carbocycles. The number of methoxy groups -OCH3 is 1. The third-order valence-electron chi connectivity index (χ3n) is 3.30. The van der Waals surface area contributed by atoms with Crippen molar-refractivity contribution in [3.63, 3.8) is 0 Å². The predicted octanol–water partition coefficient (Wildman–Crippen LogP) is 2.39. The van der Waals surface area contributed by atoms with Gasteiger partial charge in [0, 0.05) is 17.8 Å². The monoisotopic (exact) mass is 399 g/mol. The highest BCUT2D eigenvalue weighted by molar-refractivity contribution is 6.30. The molecule has 2 N–H and O–H groups in total. The Morgan fingerprint density at radius 3 is 2.63 bits per heavy atom. The lowest BCUT2D eigenvalue weighted by Gasteiger charge is -2.12. The van der Waals surface area contributed by atoms with Crippen molar-refractivity contribution in [2.24, 2.45) is 0 Å². The molecule has 2 rings (SSSR count). The fourth-order valence-corrected chi connectivity index (χ4v) is 2.22. The number of aromatic nitrogens is 1. The fourth-order valence-electron chi connectivity index (χ4n) is 2.06. The van der Waals surface area contributed by atoms with Gasteiger partial charge < -0.3 is 20.1 Å². The number of benzene rings is 1. The van der Waals surface area contributed by atoms with Crippen LogP contribution in [0.3, 0.4) is 0 Å². The van der Waals surface area contributed by atoms with Gasteiger partial charge in [-0.05, 0) is 29.8 Å². The molecule has 1 heterocycles. The Bertz CT molecular complexity index is 821. The second-order valence-corrected chi connectivity index (χ2v) is 5.62. The number of pyridine rings is 1. The predicted molar refractivity (Wildman–Crippen MR) is 93.1 cm³/mol. The maximum absolute atomic E-state index is 12.3. The molecule has 27 heavy (non-hydrogen) atoms. The number of carbonyl (C=O) groups is 2. The molecule has 1 aromatic heterocycles. The number of hydrogen-bond acceptors (Lipinski definition) is 5. The van der Waals surface area contributed by atoms with Gasteiger partial charge in [0.2, 0.25) is 5.91 Å². The highest BCUT2D eigenvalue weighted by Crippen LogP contribution is 2.29. The number of rotatable bonds is 8. The summed E-state index contributed by atoms with van der Waals surface area (Å²) >= 11 is 5.77. The van der Waals surface area contributed by atoms with Gasteiger partial charge in [0.1, 0.15) is 5.69 Å². The average Bonchev–Trinajstić information content (AvgIpc) is 2.64. The van der Waals surface area contributed by atoms with Gasteiger partial charge in [0.05, 0.1) is 13.7 Å². The number of hydrogen-bond donors (Lipinski definition) is 2.